The van der Waals surface area contributed by atoms with Crippen LogP contribution in [0.25, 0.3) is 10.9 Å². The van der Waals surface area contributed by atoms with Crippen molar-refractivity contribution in [1.82, 2.24) is 9.97 Å². The van der Waals surface area contributed by atoms with Crippen LogP contribution < -0.4 is 5.56 Å². The zero-order valence-corrected chi connectivity index (χ0v) is 15.1. The van der Waals surface area contributed by atoms with Crippen molar-refractivity contribution in [3.63, 3.8) is 0 Å². The SMILES string of the molecule is O=C(CCc1nc2ccccc2c(=O)[nH]1)OCCCC(=O)c1ccc(F)cc1. The Bertz CT molecular complexity index is 1040. The molecule has 0 bridgehead atoms. The smallest absolute Gasteiger partial charge is 0.306 e. The van der Waals surface area contributed by atoms with Crippen LogP contribution in [0.1, 0.15) is 35.4 Å². The standard InChI is InChI=1S/C21H19FN2O4/c22-15-9-7-14(8-10-15)18(25)6-3-13-28-20(26)12-11-19-23-17-5-2-1-4-16(17)21(27)24-19/h1-2,4-5,7-10H,3,6,11-13H2,(H,23,24,27). The Morgan fingerprint density at radius 1 is 1.04 bits per heavy atom. The van der Waals surface area contributed by atoms with E-state index in [0.717, 1.165) is 0 Å². The van der Waals surface area contributed by atoms with Crippen LogP contribution in [0.2, 0.25) is 0 Å². The molecule has 1 aromatic heterocycles. The number of halogens is 1. The number of benzene rings is 2. The van der Waals surface area contributed by atoms with Crippen molar-refractivity contribution in [3.05, 3.63) is 76.1 Å². The van der Waals surface area contributed by atoms with Crippen molar-refractivity contribution >= 4 is 22.7 Å². The molecule has 0 aliphatic carbocycles. The number of ether oxygens (including phenoxy) is 1. The number of rotatable bonds is 8. The summed E-state index contributed by atoms with van der Waals surface area (Å²) in [6.45, 7) is 0.118. The highest BCUT2D eigenvalue weighted by Gasteiger charge is 2.09. The third kappa shape index (κ3) is 5.09. The highest BCUT2D eigenvalue weighted by molar-refractivity contribution is 5.95. The summed E-state index contributed by atoms with van der Waals surface area (Å²) >= 11 is 0. The third-order valence-electron chi connectivity index (χ3n) is 4.21. The number of Topliss-reactive ketones (excluding diaryl/α,β-unsaturated/α-hetero) is 1. The average Bonchev–Trinajstić information content (AvgIpc) is 2.70. The summed E-state index contributed by atoms with van der Waals surface area (Å²) in [4.78, 5) is 42.8. The second-order valence-electron chi connectivity index (χ2n) is 6.28. The summed E-state index contributed by atoms with van der Waals surface area (Å²) in [6.07, 6.45) is 0.923. The van der Waals surface area contributed by atoms with Gasteiger partial charge in [0.1, 0.15) is 11.6 Å². The summed E-state index contributed by atoms with van der Waals surface area (Å²) in [5.74, 6) is -0.529. The quantitative estimate of drug-likeness (QED) is 0.367. The molecule has 0 aliphatic rings. The van der Waals surface area contributed by atoms with E-state index in [4.69, 9.17) is 4.74 Å². The van der Waals surface area contributed by atoms with Gasteiger partial charge < -0.3 is 9.72 Å². The number of hydrogen-bond donors (Lipinski definition) is 1. The predicted octanol–water partition coefficient (Wildman–Crippen LogP) is 3.20. The number of para-hydroxylation sites is 1. The van der Waals surface area contributed by atoms with Gasteiger partial charge in [0.05, 0.1) is 23.9 Å². The Balaban J connectivity index is 1.42. The van der Waals surface area contributed by atoms with Crippen molar-refractivity contribution in [3.8, 4) is 0 Å². The van der Waals surface area contributed by atoms with Crippen LogP contribution in [-0.4, -0.2) is 28.3 Å². The molecule has 0 spiro atoms. The van der Waals surface area contributed by atoms with Crippen LogP contribution in [0.4, 0.5) is 4.39 Å². The Morgan fingerprint density at radius 3 is 2.57 bits per heavy atom. The summed E-state index contributed by atoms with van der Waals surface area (Å²) in [7, 11) is 0. The van der Waals surface area contributed by atoms with Gasteiger partial charge in [0, 0.05) is 18.4 Å². The molecule has 28 heavy (non-hydrogen) atoms. The summed E-state index contributed by atoms with van der Waals surface area (Å²) in [5, 5.41) is 0.500. The first kappa shape index (κ1) is 19.4. The molecule has 3 aromatic rings. The van der Waals surface area contributed by atoms with Crippen LogP contribution in [0.15, 0.2) is 53.3 Å². The van der Waals surface area contributed by atoms with Crippen molar-refractivity contribution in [2.24, 2.45) is 0 Å². The fraction of sp³-hybridized carbons (Fsp3) is 0.238. The van der Waals surface area contributed by atoms with Crippen LogP contribution in [0, 0.1) is 5.82 Å². The van der Waals surface area contributed by atoms with Gasteiger partial charge in [0.2, 0.25) is 0 Å². The number of aromatic amines is 1. The molecule has 0 aliphatic heterocycles. The van der Waals surface area contributed by atoms with Gasteiger partial charge in [-0.15, -0.1) is 0 Å². The first-order chi connectivity index (χ1) is 13.5. The largest absolute Gasteiger partial charge is 0.466 e. The molecular formula is C21H19FN2O4. The fourth-order valence-electron chi connectivity index (χ4n) is 2.74. The molecule has 1 heterocycles. The Morgan fingerprint density at radius 2 is 1.79 bits per heavy atom. The van der Waals surface area contributed by atoms with E-state index >= 15 is 0 Å². The molecule has 2 aromatic carbocycles. The van der Waals surface area contributed by atoms with Gasteiger partial charge in [-0.2, -0.15) is 0 Å². The minimum Gasteiger partial charge on any atom is -0.466 e. The third-order valence-corrected chi connectivity index (χ3v) is 4.21. The highest BCUT2D eigenvalue weighted by Crippen LogP contribution is 2.09. The van der Waals surface area contributed by atoms with Crippen molar-refractivity contribution in [2.45, 2.75) is 25.7 Å². The van der Waals surface area contributed by atoms with Crippen molar-refractivity contribution in [1.29, 1.82) is 0 Å². The summed E-state index contributed by atoms with van der Waals surface area (Å²) in [5.41, 5.74) is 0.765. The van der Waals surface area contributed by atoms with Gasteiger partial charge in [0.25, 0.3) is 5.56 Å². The molecule has 0 fully saturated rings. The maximum absolute atomic E-state index is 12.8. The lowest BCUT2D eigenvalue weighted by atomic mass is 10.1. The van der Waals surface area contributed by atoms with E-state index in [-0.39, 0.29) is 37.2 Å². The number of ketones is 1. The number of hydrogen-bond acceptors (Lipinski definition) is 5. The lowest BCUT2D eigenvalue weighted by molar-refractivity contribution is -0.143. The van der Waals surface area contributed by atoms with Gasteiger partial charge in [-0.1, -0.05) is 12.1 Å². The molecule has 0 saturated heterocycles. The lowest BCUT2D eigenvalue weighted by Gasteiger charge is -2.05. The lowest BCUT2D eigenvalue weighted by Crippen LogP contribution is -2.14. The number of aromatic nitrogens is 2. The number of aryl methyl sites for hydroxylation is 1. The van der Waals surface area contributed by atoms with Gasteiger partial charge in [-0.3, -0.25) is 14.4 Å². The molecule has 7 heteroatoms. The zero-order chi connectivity index (χ0) is 19.9. The molecule has 3 rings (SSSR count). The molecule has 1 N–H and O–H groups in total. The minimum absolute atomic E-state index is 0.0766. The highest BCUT2D eigenvalue weighted by atomic mass is 19.1. The second-order valence-corrected chi connectivity index (χ2v) is 6.28. The second kappa shape index (κ2) is 9.03. The Labute approximate surface area is 160 Å². The van der Waals surface area contributed by atoms with Gasteiger partial charge >= 0.3 is 5.97 Å². The van der Waals surface area contributed by atoms with Gasteiger partial charge in [0.15, 0.2) is 5.78 Å². The number of carbonyl (C=O) groups excluding carboxylic acids is 2. The van der Waals surface area contributed by atoms with Crippen LogP contribution in [-0.2, 0) is 16.0 Å². The molecule has 0 unspecified atom stereocenters. The van der Waals surface area contributed by atoms with Gasteiger partial charge in [-0.25, -0.2) is 9.37 Å². The molecule has 0 saturated carbocycles. The summed E-state index contributed by atoms with van der Waals surface area (Å²) in [6, 6.07) is 12.3. The number of nitrogens with zero attached hydrogens (tertiary/aromatic N) is 1. The number of nitrogens with one attached hydrogen (secondary N) is 1. The number of fused-ring (bicyclic) bond motifs is 1. The predicted molar refractivity (Wildman–Crippen MR) is 102 cm³/mol. The van der Waals surface area contributed by atoms with Crippen LogP contribution >= 0.6 is 0 Å². The minimum atomic E-state index is -0.426. The first-order valence-electron chi connectivity index (χ1n) is 8.95. The molecule has 0 radical (unpaired) electrons. The summed E-state index contributed by atoms with van der Waals surface area (Å²) < 4.78 is 18.0. The maximum atomic E-state index is 12.8. The topological polar surface area (TPSA) is 89.1 Å². The van der Waals surface area contributed by atoms with Gasteiger partial charge in [-0.05, 0) is 42.8 Å². The zero-order valence-electron chi connectivity index (χ0n) is 15.1. The first-order valence-corrected chi connectivity index (χ1v) is 8.95. The van der Waals surface area contributed by atoms with Crippen LogP contribution in [0.3, 0.4) is 0 Å². The van der Waals surface area contributed by atoms with Crippen LogP contribution in [0.5, 0.6) is 0 Å². The number of esters is 1. The van der Waals surface area contributed by atoms with E-state index in [0.29, 0.717) is 28.7 Å². The van der Waals surface area contributed by atoms with E-state index in [1.54, 1.807) is 24.3 Å². The molecular weight excluding hydrogens is 363 g/mol. The van der Waals surface area contributed by atoms with E-state index in [9.17, 15) is 18.8 Å². The molecule has 144 valence electrons. The number of carbonyl (C=O) groups is 2. The van der Waals surface area contributed by atoms with Crippen molar-refractivity contribution in [2.75, 3.05) is 6.61 Å². The van der Waals surface area contributed by atoms with E-state index in [2.05, 4.69) is 9.97 Å². The molecule has 6 nitrogen and oxygen atoms in total. The average molecular weight is 382 g/mol. The van der Waals surface area contributed by atoms with Crippen molar-refractivity contribution < 1.29 is 18.7 Å². The fourth-order valence-corrected chi connectivity index (χ4v) is 2.74. The molecule has 0 atom stereocenters. The Hall–Kier alpha value is -3.35. The number of H-pyrrole nitrogens is 1. The molecule has 0 amide bonds. The normalized spacial score (nSPS) is 10.8. The monoisotopic (exact) mass is 382 g/mol. The maximum Gasteiger partial charge on any atom is 0.306 e. The van der Waals surface area contributed by atoms with E-state index in [1.807, 2.05) is 0 Å². The Kier molecular flexibility index (Phi) is 6.26. The van der Waals surface area contributed by atoms with E-state index in [1.165, 1.54) is 24.3 Å². The van der Waals surface area contributed by atoms with E-state index < -0.39 is 11.8 Å².